The molecular weight excluding hydrogens is 506 g/mol. The fourth-order valence-corrected chi connectivity index (χ4v) is 5.05. The van der Waals surface area contributed by atoms with Crippen molar-refractivity contribution in [2.45, 2.75) is 25.3 Å². The van der Waals surface area contributed by atoms with Crippen molar-refractivity contribution in [3.05, 3.63) is 92.9 Å². The van der Waals surface area contributed by atoms with Crippen LogP contribution >= 0.6 is 27.5 Å². The van der Waals surface area contributed by atoms with Crippen molar-refractivity contribution >= 4 is 39.6 Å². The van der Waals surface area contributed by atoms with Gasteiger partial charge >= 0.3 is 12.1 Å². The van der Waals surface area contributed by atoms with E-state index >= 15 is 0 Å². The van der Waals surface area contributed by atoms with E-state index in [1.54, 1.807) is 18.2 Å². The van der Waals surface area contributed by atoms with Crippen LogP contribution in [0, 0.1) is 0 Å². The van der Waals surface area contributed by atoms with Crippen LogP contribution in [0.5, 0.6) is 0 Å². The minimum absolute atomic E-state index is 0.106. The Bertz CT molecular complexity index is 1150. The van der Waals surface area contributed by atoms with Gasteiger partial charge in [-0.3, -0.25) is 4.90 Å². The van der Waals surface area contributed by atoms with Gasteiger partial charge in [0.25, 0.3) is 0 Å². The highest BCUT2D eigenvalue weighted by Gasteiger charge is 2.35. The number of fused-ring (bicyclic) bond motifs is 3. The van der Waals surface area contributed by atoms with Crippen LogP contribution in [0.2, 0.25) is 5.02 Å². The number of carboxylic acids is 1. The van der Waals surface area contributed by atoms with Crippen molar-refractivity contribution in [2.75, 3.05) is 13.2 Å². The molecule has 1 aliphatic carbocycles. The molecule has 0 aromatic heterocycles. The van der Waals surface area contributed by atoms with Gasteiger partial charge in [0.15, 0.2) is 6.04 Å². The predicted octanol–water partition coefficient (Wildman–Crippen LogP) is 6.89. The maximum absolute atomic E-state index is 13.2. The molecule has 1 atom stereocenters. The molecule has 0 radical (unpaired) electrons. The standard InChI is InChI=1S/C26H23BrClNO4/c1-2-13-29(24(25(30)31)21-14-16(28)11-12-23(21)27)26(32)33-15-22-19-9-5-3-7-17(19)18-8-4-6-10-20(18)22/h3-12,14,22,24H,2,13,15H2,1H3,(H,30,31). The van der Waals surface area contributed by atoms with Crippen molar-refractivity contribution < 1.29 is 19.4 Å². The van der Waals surface area contributed by atoms with Crippen LogP contribution in [0.25, 0.3) is 11.1 Å². The summed E-state index contributed by atoms with van der Waals surface area (Å²) in [7, 11) is 0. The topological polar surface area (TPSA) is 66.8 Å². The van der Waals surface area contributed by atoms with Crippen LogP contribution in [0.15, 0.2) is 71.2 Å². The van der Waals surface area contributed by atoms with Crippen molar-refractivity contribution in [3.8, 4) is 11.1 Å². The zero-order valence-corrected chi connectivity index (χ0v) is 20.3. The minimum Gasteiger partial charge on any atom is -0.479 e. The van der Waals surface area contributed by atoms with E-state index in [1.807, 2.05) is 43.3 Å². The van der Waals surface area contributed by atoms with Gasteiger partial charge in [0.1, 0.15) is 6.61 Å². The number of nitrogens with zero attached hydrogens (tertiary/aromatic N) is 1. The molecule has 0 spiro atoms. The smallest absolute Gasteiger partial charge is 0.410 e. The number of hydrogen-bond donors (Lipinski definition) is 1. The molecule has 3 aromatic rings. The molecule has 1 aliphatic rings. The Kier molecular flexibility index (Phi) is 7.05. The largest absolute Gasteiger partial charge is 0.479 e. The number of aliphatic carboxylic acids is 1. The van der Waals surface area contributed by atoms with Crippen LogP contribution in [-0.4, -0.2) is 35.2 Å². The van der Waals surface area contributed by atoms with Crippen molar-refractivity contribution in [3.63, 3.8) is 0 Å². The minimum atomic E-state index is -1.23. The lowest BCUT2D eigenvalue weighted by Crippen LogP contribution is -2.40. The molecule has 0 heterocycles. The molecule has 5 nitrogen and oxygen atoms in total. The number of amides is 1. The number of ether oxygens (including phenoxy) is 1. The van der Waals surface area contributed by atoms with Crippen molar-refractivity contribution in [2.24, 2.45) is 0 Å². The van der Waals surface area contributed by atoms with Crippen LogP contribution in [-0.2, 0) is 9.53 Å². The monoisotopic (exact) mass is 527 g/mol. The second kappa shape index (κ2) is 9.98. The first-order chi connectivity index (χ1) is 15.9. The first-order valence-electron chi connectivity index (χ1n) is 10.7. The number of benzene rings is 3. The molecule has 0 aliphatic heterocycles. The molecule has 0 saturated heterocycles. The Morgan fingerprint density at radius 3 is 2.24 bits per heavy atom. The summed E-state index contributed by atoms with van der Waals surface area (Å²) in [6.45, 7) is 2.23. The number of halogens is 2. The van der Waals surface area contributed by atoms with E-state index in [2.05, 4.69) is 28.1 Å². The predicted molar refractivity (Wildman–Crippen MR) is 132 cm³/mol. The maximum atomic E-state index is 13.2. The third kappa shape index (κ3) is 4.63. The summed E-state index contributed by atoms with van der Waals surface area (Å²) in [5.74, 6) is -1.26. The number of carbonyl (C=O) groups excluding carboxylic acids is 1. The zero-order chi connectivity index (χ0) is 23.5. The lowest BCUT2D eigenvalue weighted by atomic mass is 9.98. The van der Waals surface area contributed by atoms with Gasteiger partial charge in [0.05, 0.1) is 0 Å². The van der Waals surface area contributed by atoms with Crippen molar-refractivity contribution in [1.29, 1.82) is 0 Å². The molecule has 1 unspecified atom stereocenters. The lowest BCUT2D eigenvalue weighted by Gasteiger charge is -2.29. The van der Waals surface area contributed by atoms with Gasteiger partial charge in [-0.15, -0.1) is 0 Å². The Labute approximate surface area is 206 Å². The Hall–Kier alpha value is -2.83. The van der Waals surface area contributed by atoms with Gasteiger partial charge in [-0.2, -0.15) is 0 Å². The van der Waals surface area contributed by atoms with Gasteiger partial charge < -0.3 is 9.84 Å². The van der Waals surface area contributed by atoms with Gasteiger partial charge in [-0.1, -0.05) is 83.0 Å². The Balaban J connectivity index is 1.61. The molecule has 1 N–H and O–H groups in total. The number of rotatable bonds is 7. The molecular formula is C26H23BrClNO4. The molecule has 33 heavy (non-hydrogen) atoms. The van der Waals surface area contributed by atoms with E-state index in [0.717, 1.165) is 22.3 Å². The summed E-state index contributed by atoms with van der Waals surface area (Å²) in [5, 5.41) is 10.4. The van der Waals surface area contributed by atoms with E-state index in [1.165, 1.54) is 4.90 Å². The highest BCUT2D eigenvalue weighted by atomic mass is 79.9. The maximum Gasteiger partial charge on any atom is 0.410 e. The lowest BCUT2D eigenvalue weighted by molar-refractivity contribution is -0.143. The molecule has 4 rings (SSSR count). The van der Waals surface area contributed by atoms with Crippen LogP contribution in [0.3, 0.4) is 0 Å². The quantitative estimate of drug-likeness (QED) is 0.363. The van der Waals surface area contributed by atoms with Crippen LogP contribution in [0.4, 0.5) is 4.79 Å². The summed E-state index contributed by atoms with van der Waals surface area (Å²) < 4.78 is 6.31. The van der Waals surface area contributed by atoms with Crippen molar-refractivity contribution in [1.82, 2.24) is 4.90 Å². The molecule has 0 bridgehead atoms. The molecule has 0 fully saturated rings. The number of hydrogen-bond acceptors (Lipinski definition) is 3. The summed E-state index contributed by atoms with van der Waals surface area (Å²) in [4.78, 5) is 26.7. The second-order valence-corrected chi connectivity index (χ2v) is 9.19. The molecule has 7 heteroatoms. The van der Waals surface area contributed by atoms with E-state index in [0.29, 0.717) is 21.5 Å². The SMILES string of the molecule is CCCN(C(=O)OCC1c2ccccc2-c2ccccc21)C(C(=O)O)c1cc(Cl)ccc1Br. The first kappa shape index (κ1) is 23.3. The zero-order valence-electron chi connectivity index (χ0n) is 18.0. The van der Waals surface area contributed by atoms with E-state index in [9.17, 15) is 14.7 Å². The highest BCUT2D eigenvalue weighted by molar-refractivity contribution is 9.10. The third-order valence-electron chi connectivity index (χ3n) is 5.83. The molecule has 0 saturated carbocycles. The average Bonchev–Trinajstić information content (AvgIpc) is 3.13. The second-order valence-electron chi connectivity index (χ2n) is 7.90. The highest BCUT2D eigenvalue weighted by Crippen LogP contribution is 2.44. The van der Waals surface area contributed by atoms with Crippen LogP contribution in [0.1, 0.15) is 42.0 Å². The van der Waals surface area contributed by atoms with Gasteiger partial charge in [-0.25, -0.2) is 9.59 Å². The molecule has 1 amide bonds. The summed E-state index contributed by atoms with van der Waals surface area (Å²) >= 11 is 9.52. The van der Waals surface area contributed by atoms with Gasteiger partial charge in [0.2, 0.25) is 0 Å². The third-order valence-corrected chi connectivity index (χ3v) is 6.79. The fourth-order valence-electron chi connectivity index (χ4n) is 4.40. The normalized spacial score (nSPS) is 13.2. The Morgan fingerprint density at radius 1 is 1.06 bits per heavy atom. The average molecular weight is 529 g/mol. The van der Waals surface area contributed by atoms with Crippen LogP contribution < -0.4 is 0 Å². The van der Waals surface area contributed by atoms with E-state index < -0.39 is 18.1 Å². The molecule has 3 aromatic carbocycles. The fraction of sp³-hybridized carbons (Fsp3) is 0.231. The van der Waals surface area contributed by atoms with E-state index in [4.69, 9.17) is 16.3 Å². The number of carboxylic acid groups (broad SMARTS) is 1. The van der Waals surface area contributed by atoms with Gasteiger partial charge in [-0.05, 0) is 46.9 Å². The molecule has 170 valence electrons. The Morgan fingerprint density at radius 2 is 1.67 bits per heavy atom. The first-order valence-corrected chi connectivity index (χ1v) is 11.9. The summed E-state index contributed by atoms with van der Waals surface area (Å²) in [6.07, 6.45) is -0.0930. The summed E-state index contributed by atoms with van der Waals surface area (Å²) in [6, 6.07) is 19.8. The number of carbonyl (C=O) groups is 2. The van der Waals surface area contributed by atoms with Gasteiger partial charge in [0, 0.05) is 27.5 Å². The summed E-state index contributed by atoms with van der Waals surface area (Å²) in [5.41, 5.74) is 4.86. The van der Waals surface area contributed by atoms with E-state index in [-0.39, 0.29) is 19.1 Å².